The Morgan fingerprint density at radius 3 is 2.73 bits per heavy atom. The average molecular weight is 219 g/mol. The van der Waals surface area contributed by atoms with Gasteiger partial charge in [-0.3, -0.25) is 0 Å². The van der Waals surface area contributed by atoms with Gasteiger partial charge in [0, 0.05) is 11.5 Å². The fraction of sp³-hybridized carbons (Fsp3) is 0.250. The Morgan fingerprint density at radius 2 is 2.07 bits per heavy atom. The number of nitrogens with zero attached hydrogens (tertiary/aromatic N) is 1. The number of benzene rings is 1. The summed E-state index contributed by atoms with van der Waals surface area (Å²) in [4.78, 5) is 4.55. The van der Waals surface area contributed by atoms with Crippen molar-refractivity contribution in [2.45, 2.75) is 11.9 Å². The molecule has 0 fully saturated rings. The number of ether oxygens (including phenoxy) is 1. The first kappa shape index (κ1) is 10.3. The molecule has 0 aliphatic heterocycles. The lowest BCUT2D eigenvalue weighted by Gasteiger charge is -2.06. The molecule has 0 unspecified atom stereocenters. The number of methoxy groups -OCH3 is 1. The topological polar surface area (TPSA) is 22.1 Å². The molecule has 0 N–H and O–H groups in total. The first-order valence-corrected chi connectivity index (χ1v) is 5.96. The van der Waals surface area contributed by atoms with E-state index in [1.54, 1.807) is 18.9 Å². The molecule has 0 saturated heterocycles. The van der Waals surface area contributed by atoms with E-state index >= 15 is 0 Å². The van der Waals surface area contributed by atoms with E-state index in [1.807, 2.05) is 18.4 Å². The number of hydrogen-bond donors (Lipinski definition) is 0. The number of fused-ring (bicyclic) bond motifs is 1. The minimum absolute atomic E-state index is 0.854. The second kappa shape index (κ2) is 4.11. The molecule has 1 aromatic carbocycles. The van der Waals surface area contributed by atoms with Crippen LogP contribution in [0.2, 0.25) is 0 Å². The summed E-state index contributed by atoms with van der Waals surface area (Å²) in [7, 11) is 1.67. The highest BCUT2D eigenvalue weighted by Crippen LogP contribution is 2.25. The maximum absolute atomic E-state index is 5.19. The molecular weight excluding hydrogens is 206 g/mol. The van der Waals surface area contributed by atoms with E-state index in [0.29, 0.717) is 0 Å². The molecule has 78 valence electrons. The quantitative estimate of drug-likeness (QED) is 0.724. The average Bonchev–Trinajstić information content (AvgIpc) is 2.28. The Kier molecular flexibility index (Phi) is 2.82. The van der Waals surface area contributed by atoms with Gasteiger partial charge in [0.05, 0.1) is 17.7 Å². The molecule has 0 bridgehead atoms. The van der Waals surface area contributed by atoms with Gasteiger partial charge in [0.2, 0.25) is 0 Å². The Balaban J connectivity index is 2.69. The molecule has 2 rings (SSSR count). The molecule has 2 aromatic rings. The summed E-state index contributed by atoms with van der Waals surface area (Å²) in [5.41, 5.74) is 2.26. The molecule has 0 aliphatic carbocycles. The van der Waals surface area contributed by atoms with Gasteiger partial charge in [-0.1, -0.05) is 0 Å². The summed E-state index contributed by atoms with van der Waals surface area (Å²) in [6.07, 6.45) is 2.04. The SMILES string of the molecule is COc1ccc2c(C)cc(SC)nc2c1. The van der Waals surface area contributed by atoms with Gasteiger partial charge in [0.1, 0.15) is 5.75 Å². The third kappa shape index (κ3) is 1.92. The van der Waals surface area contributed by atoms with Crippen LogP contribution in [0, 0.1) is 6.92 Å². The Morgan fingerprint density at radius 1 is 1.27 bits per heavy atom. The van der Waals surface area contributed by atoms with E-state index in [1.165, 1.54) is 10.9 Å². The number of pyridine rings is 1. The molecule has 1 heterocycles. The van der Waals surface area contributed by atoms with Crippen LogP contribution in [-0.4, -0.2) is 18.3 Å². The van der Waals surface area contributed by atoms with Crippen molar-refractivity contribution in [3.05, 3.63) is 29.8 Å². The van der Waals surface area contributed by atoms with Crippen molar-refractivity contribution < 1.29 is 4.74 Å². The second-order valence-electron chi connectivity index (χ2n) is 3.36. The lowest BCUT2D eigenvalue weighted by atomic mass is 10.1. The highest BCUT2D eigenvalue weighted by Gasteiger charge is 2.03. The summed E-state index contributed by atoms with van der Waals surface area (Å²) in [6.45, 7) is 2.11. The zero-order valence-electron chi connectivity index (χ0n) is 9.07. The number of rotatable bonds is 2. The van der Waals surface area contributed by atoms with E-state index in [2.05, 4.69) is 24.0 Å². The van der Waals surface area contributed by atoms with E-state index in [9.17, 15) is 0 Å². The predicted octanol–water partition coefficient (Wildman–Crippen LogP) is 3.27. The van der Waals surface area contributed by atoms with Crippen LogP contribution < -0.4 is 4.74 Å². The summed E-state index contributed by atoms with van der Waals surface area (Å²) in [6, 6.07) is 8.11. The number of hydrogen-bond acceptors (Lipinski definition) is 3. The van der Waals surface area contributed by atoms with E-state index in [0.717, 1.165) is 16.3 Å². The standard InChI is InChI=1S/C12H13NOS/c1-8-6-12(15-3)13-11-7-9(14-2)4-5-10(8)11/h4-7H,1-3H3. The minimum atomic E-state index is 0.854. The van der Waals surface area contributed by atoms with E-state index in [-0.39, 0.29) is 0 Å². The second-order valence-corrected chi connectivity index (χ2v) is 4.19. The highest BCUT2D eigenvalue weighted by molar-refractivity contribution is 7.98. The maximum Gasteiger partial charge on any atom is 0.121 e. The molecule has 1 aromatic heterocycles. The van der Waals surface area contributed by atoms with Gasteiger partial charge in [-0.2, -0.15) is 0 Å². The van der Waals surface area contributed by atoms with Crippen LogP contribution >= 0.6 is 11.8 Å². The van der Waals surface area contributed by atoms with Crippen molar-refractivity contribution in [2.24, 2.45) is 0 Å². The summed E-state index contributed by atoms with van der Waals surface area (Å²) in [5, 5.41) is 2.24. The van der Waals surface area contributed by atoms with Crippen molar-refractivity contribution in [3.8, 4) is 5.75 Å². The first-order chi connectivity index (χ1) is 7.24. The zero-order chi connectivity index (χ0) is 10.8. The third-order valence-corrected chi connectivity index (χ3v) is 3.04. The van der Waals surface area contributed by atoms with Crippen LogP contribution in [0.4, 0.5) is 0 Å². The summed E-state index contributed by atoms with van der Waals surface area (Å²) in [5.74, 6) is 0.854. The molecule has 15 heavy (non-hydrogen) atoms. The van der Waals surface area contributed by atoms with Gasteiger partial charge in [-0.05, 0) is 36.9 Å². The number of thioether (sulfide) groups is 1. The van der Waals surface area contributed by atoms with Crippen molar-refractivity contribution in [2.75, 3.05) is 13.4 Å². The molecule has 0 spiro atoms. The van der Waals surface area contributed by atoms with Crippen LogP contribution in [-0.2, 0) is 0 Å². The van der Waals surface area contributed by atoms with Crippen LogP contribution in [0.15, 0.2) is 29.3 Å². The normalized spacial score (nSPS) is 10.6. The molecular formula is C12H13NOS. The van der Waals surface area contributed by atoms with E-state index < -0.39 is 0 Å². The Hall–Kier alpha value is -1.22. The Labute approximate surface area is 93.7 Å². The predicted molar refractivity (Wildman–Crippen MR) is 64.8 cm³/mol. The van der Waals surface area contributed by atoms with E-state index in [4.69, 9.17) is 4.74 Å². The van der Waals surface area contributed by atoms with Gasteiger partial charge >= 0.3 is 0 Å². The molecule has 0 radical (unpaired) electrons. The van der Waals surface area contributed by atoms with Crippen LogP contribution in [0.1, 0.15) is 5.56 Å². The highest BCUT2D eigenvalue weighted by atomic mass is 32.2. The van der Waals surface area contributed by atoms with Crippen molar-refractivity contribution in [3.63, 3.8) is 0 Å². The molecule has 3 heteroatoms. The van der Waals surface area contributed by atoms with Gasteiger partial charge in [-0.15, -0.1) is 11.8 Å². The molecule has 0 atom stereocenters. The third-order valence-electron chi connectivity index (χ3n) is 2.41. The fourth-order valence-corrected chi connectivity index (χ4v) is 2.07. The molecule has 0 saturated carbocycles. The number of aromatic nitrogens is 1. The van der Waals surface area contributed by atoms with Crippen LogP contribution in [0.25, 0.3) is 10.9 Å². The summed E-state index contributed by atoms with van der Waals surface area (Å²) >= 11 is 1.66. The zero-order valence-corrected chi connectivity index (χ0v) is 9.89. The van der Waals surface area contributed by atoms with Crippen molar-refractivity contribution in [1.29, 1.82) is 0 Å². The fourth-order valence-electron chi connectivity index (χ4n) is 1.58. The lowest BCUT2D eigenvalue weighted by Crippen LogP contribution is -1.88. The van der Waals surface area contributed by atoms with Crippen LogP contribution in [0.5, 0.6) is 5.75 Å². The largest absolute Gasteiger partial charge is 0.497 e. The van der Waals surface area contributed by atoms with Gasteiger partial charge < -0.3 is 4.74 Å². The Bertz CT molecular complexity index is 491. The molecule has 0 aliphatic rings. The minimum Gasteiger partial charge on any atom is -0.497 e. The van der Waals surface area contributed by atoms with Gasteiger partial charge in [-0.25, -0.2) is 4.98 Å². The smallest absolute Gasteiger partial charge is 0.121 e. The van der Waals surface area contributed by atoms with Crippen molar-refractivity contribution in [1.82, 2.24) is 4.98 Å². The number of aryl methyl sites for hydroxylation is 1. The van der Waals surface area contributed by atoms with Crippen LogP contribution in [0.3, 0.4) is 0 Å². The maximum atomic E-state index is 5.19. The summed E-state index contributed by atoms with van der Waals surface area (Å²) < 4.78 is 5.19. The molecule has 0 amide bonds. The van der Waals surface area contributed by atoms with Gasteiger partial charge in [0.25, 0.3) is 0 Å². The monoisotopic (exact) mass is 219 g/mol. The molecule has 2 nitrogen and oxygen atoms in total. The van der Waals surface area contributed by atoms with Gasteiger partial charge in [0.15, 0.2) is 0 Å². The lowest BCUT2D eigenvalue weighted by molar-refractivity contribution is 0.415. The first-order valence-electron chi connectivity index (χ1n) is 4.74. The van der Waals surface area contributed by atoms with Crippen molar-refractivity contribution >= 4 is 22.7 Å².